The van der Waals surface area contributed by atoms with Crippen LogP contribution >= 0.6 is 11.6 Å². The Hall–Kier alpha value is -1.49. The summed E-state index contributed by atoms with van der Waals surface area (Å²) < 4.78 is 1.44. The van der Waals surface area contributed by atoms with E-state index in [1.54, 1.807) is 18.5 Å². The maximum Gasteiger partial charge on any atom is 0.253 e. The molecule has 2 rings (SSSR count). The first-order chi connectivity index (χ1) is 7.31. The molecule has 0 aromatic carbocycles. The summed E-state index contributed by atoms with van der Waals surface area (Å²) in [5.41, 5.74) is 0. The molecule has 0 fully saturated rings. The topological polar surface area (TPSA) is 56.5 Å². The van der Waals surface area contributed by atoms with E-state index in [0.29, 0.717) is 11.2 Å². The van der Waals surface area contributed by atoms with Crippen molar-refractivity contribution in [3.05, 3.63) is 29.6 Å². The highest BCUT2D eigenvalue weighted by Crippen LogP contribution is 2.10. The smallest absolute Gasteiger partial charge is 0.220 e. The van der Waals surface area contributed by atoms with E-state index in [2.05, 4.69) is 27.0 Å². The first-order valence-corrected chi connectivity index (χ1v) is 5.08. The van der Waals surface area contributed by atoms with Crippen LogP contribution in [0.1, 0.15) is 19.2 Å². The van der Waals surface area contributed by atoms with Crippen LogP contribution in [0, 0.1) is 0 Å². The second-order valence-corrected chi connectivity index (χ2v) is 3.35. The minimum atomic E-state index is 0.296. The molecule has 0 aliphatic carbocycles. The van der Waals surface area contributed by atoms with Crippen LogP contribution in [0.25, 0.3) is 5.95 Å². The predicted octanol–water partition coefficient (Wildman–Crippen LogP) is 1.66. The molecule has 0 N–H and O–H groups in total. The molecule has 15 heavy (non-hydrogen) atoms. The molecule has 0 aliphatic rings. The Kier molecular flexibility index (Phi) is 2.91. The lowest BCUT2D eigenvalue weighted by Crippen LogP contribution is -2.02. The summed E-state index contributed by atoms with van der Waals surface area (Å²) in [4.78, 5) is 12.2. The van der Waals surface area contributed by atoms with Crippen LogP contribution in [0.4, 0.5) is 0 Å². The fourth-order valence-corrected chi connectivity index (χ4v) is 1.40. The number of hydrogen-bond donors (Lipinski definition) is 0. The molecule has 2 heterocycles. The van der Waals surface area contributed by atoms with E-state index >= 15 is 0 Å². The maximum atomic E-state index is 5.92. The van der Waals surface area contributed by atoms with Crippen molar-refractivity contribution in [1.82, 2.24) is 24.7 Å². The summed E-state index contributed by atoms with van der Waals surface area (Å²) in [6.45, 7) is 2.06. The molecule has 0 saturated carbocycles. The molecule has 6 heteroatoms. The van der Waals surface area contributed by atoms with Gasteiger partial charge in [-0.3, -0.25) is 0 Å². The molecule has 0 atom stereocenters. The van der Waals surface area contributed by atoms with E-state index < -0.39 is 0 Å². The standard InChI is InChI=1S/C9H10ClN5/c1-2-4-7-13-8(10)15(14-7)9-11-5-3-6-12-9/h3,5-6H,2,4H2,1H3. The van der Waals surface area contributed by atoms with Crippen molar-refractivity contribution in [2.24, 2.45) is 0 Å². The Morgan fingerprint density at radius 1 is 1.33 bits per heavy atom. The van der Waals surface area contributed by atoms with Gasteiger partial charge in [0, 0.05) is 18.8 Å². The van der Waals surface area contributed by atoms with Crippen molar-refractivity contribution in [2.75, 3.05) is 0 Å². The Morgan fingerprint density at radius 2 is 2.07 bits per heavy atom. The van der Waals surface area contributed by atoms with Crippen LogP contribution in [0.15, 0.2) is 18.5 Å². The molecule has 0 unspecified atom stereocenters. The Balaban J connectivity index is 2.36. The third-order valence-electron chi connectivity index (χ3n) is 1.83. The Bertz CT molecular complexity index is 439. The molecule has 5 nitrogen and oxygen atoms in total. The third-order valence-corrected chi connectivity index (χ3v) is 2.07. The Labute approximate surface area is 92.2 Å². The molecule has 2 aromatic rings. The van der Waals surface area contributed by atoms with Crippen LogP contribution in [0.5, 0.6) is 0 Å². The zero-order chi connectivity index (χ0) is 10.7. The summed E-state index contributed by atoms with van der Waals surface area (Å²) in [5, 5.41) is 4.51. The number of halogens is 1. The number of hydrogen-bond acceptors (Lipinski definition) is 4. The zero-order valence-electron chi connectivity index (χ0n) is 8.26. The van der Waals surface area contributed by atoms with Crippen molar-refractivity contribution in [2.45, 2.75) is 19.8 Å². The van der Waals surface area contributed by atoms with E-state index in [1.165, 1.54) is 4.68 Å². The van der Waals surface area contributed by atoms with Crippen LogP contribution in [-0.4, -0.2) is 24.7 Å². The quantitative estimate of drug-likeness (QED) is 0.794. The summed E-state index contributed by atoms with van der Waals surface area (Å²) in [7, 11) is 0. The minimum absolute atomic E-state index is 0.296. The van der Waals surface area contributed by atoms with Crippen LogP contribution in [0.2, 0.25) is 5.28 Å². The van der Waals surface area contributed by atoms with Crippen molar-refractivity contribution in [3.8, 4) is 5.95 Å². The van der Waals surface area contributed by atoms with Gasteiger partial charge in [-0.05, 0) is 24.1 Å². The zero-order valence-corrected chi connectivity index (χ0v) is 9.02. The molecule has 0 radical (unpaired) electrons. The fraction of sp³-hybridized carbons (Fsp3) is 0.333. The molecule has 2 aromatic heterocycles. The van der Waals surface area contributed by atoms with Gasteiger partial charge < -0.3 is 0 Å². The first kappa shape index (κ1) is 10.0. The van der Waals surface area contributed by atoms with Crippen molar-refractivity contribution in [1.29, 1.82) is 0 Å². The normalized spacial score (nSPS) is 10.5. The van der Waals surface area contributed by atoms with E-state index in [4.69, 9.17) is 11.6 Å². The van der Waals surface area contributed by atoms with Gasteiger partial charge in [-0.25, -0.2) is 15.0 Å². The summed E-state index contributed by atoms with van der Waals surface area (Å²) >= 11 is 5.92. The van der Waals surface area contributed by atoms with E-state index in [9.17, 15) is 0 Å². The average molecular weight is 224 g/mol. The lowest BCUT2D eigenvalue weighted by Gasteiger charge is -1.96. The van der Waals surface area contributed by atoms with Gasteiger partial charge in [0.25, 0.3) is 5.95 Å². The Morgan fingerprint density at radius 3 is 2.73 bits per heavy atom. The van der Waals surface area contributed by atoms with Crippen LogP contribution in [0.3, 0.4) is 0 Å². The second-order valence-electron chi connectivity index (χ2n) is 3.01. The van der Waals surface area contributed by atoms with E-state index in [-0.39, 0.29) is 0 Å². The molecule has 0 aliphatic heterocycles. The highest BCUT2D eigenvalue weighted by molar-refractivity contribution is 6.28. The molecular weight excluding hydrogens is 214 g/mol. The summed E-state index contributed by atoms with van der Waals surface area (Å²) in [6, 6.07) is 1.74. The van der Waals surface area contributed by atoms with Gasteiger partial charge >= 0.3 is 0 Å². The van der Waals surface area contributed by atoms with Crippen molar-refractivity contribution < 1.29 is 0 Å². The van der Waals surface area contributed by atoms with E-state index in [1.807, 2.05) is 0 Å². The molecule has 0 spiro atoms. The fourth-order valence-electron chi connectivity index (χ4n) is 1.19. The predicted molar refractivity (Wildman–Crippen MR) is 56.0 cm³/mol. The van der Waals surface area contributed by atoms with E-state index in [0.717, 1.165) is 18.7 Å². The number of aromatic nitrogens is 5. The van der Waals surface area contributed by atoms with Gasteiger partial charge in [0.2, 0.25) is 5.28 Å². The van der Waals surface area contributed by atoms with Gasteiger partial charge in [0.05, 0.1) is 0 Å². The molecule has 0 bridgehead atoms. The summed E-state index contributed by atoms with van der Waals surface area (Å²) in [6.07, 6.45) is 5.06. The van der Waals surface area contributed by atoms with Gasteiger partial charge in [-0.15, -0.1) is 5.10 Å². The summed E-state index contributed by atoms with van der Waals surface area (Å²) in [5.74, 6) is 1.16. The van der Waals surface area contributed by atoms with Gasteiger partial charge in [-0.1, -0.05) is 6.92 Å². The van der Waals surface area contributed by atoms with Gasteiger partial charge in [0.15, 0.2) is 5.82 Å². The monoisotopic (exact) mass is 223 g/mol. The number of aryl methyl sites for hydroxylation is 1. The first-order valence-electron chi connectivity index (χ1n) is 4.70. The third kappa shape index (κ3) is 2.12. The van der Waals surface area contributed by atoms with Crippen molar-refractivity contribution in [3.63, 3.8) is 0 Å². The van der Waals surface area contributed by atoms with Gasteiger partial charge in [0.1, 0.15) is 0 Å². The lowest BCUT2D eigenvalue weighted by molar-refractivity contribution is 0.766. The molecule has 0 amide bonds. The van der Waals surface area contributed by atoms with Crippen molar-refractivity contribution >= 4 is 11.6 Å². The highest BCUT2D eigenvalue weighted by Gasteiger charge is 2.10. The van der Waals surface area contributed by atoms with Gasteiger partial charge in [-0.2, -0.15) is 4.68 Å². The molecule has 78 valence electrons. The minimum Gasteiger partial charge on any atom is -0.220 e. The highest BCUT2D eigenvalue weighted by atomic mass is 35.5. The average Bonchev–Trinajstić information content (AvgIpc) is 2.61. The maximum absolute atomic E-state index is 5.92. The number of nitrogens with zero attached hydrogens (tertiary/aromatic N) is 5. The number of rotatable bonds is 3. The van der Waals surface area contributed by atoms with Crippen LogP contribution < -0.4 is 0 Å². The molecule has 0 saturated heterocycles. The van der Waals surface area contributed by atoms with Crippen LogP contribution in [-0.2, 0) is 6.42 Å². The molecular formula is C9H10ClN5. The SMILES string of the molecule is CCCc1nc(Cl)n(-c2ncccn2)n1. The second kappa shape index (κ2) is 4.35. The largest absolute Gasteiger partial charge is 0.253 e. The lowest BCUT2D eigenvalue weighted by atomic mass is 10.3.